The summed E-state index contributed by atoms with van der Waals surface area (Å²) in [6.07, 6.45) is 1.92. The van der Waals surface area contributed by atoms with E-state index in [1.54, 1.807) is 7.11 Å². The van der Waals surface area contributed by atoms with Crippen molar-refractivity contribution in [3.8, 4) is 17.2 Å². The number of fused-ring (bicyclic) bond motifs is 1. The molecule has 1 heterocycles. The maximum Gasteiger partial charge on any atom is 0.231 e. The third-order valence-electron chi connectivity index (χ3n) is 2.06. The molecule has 1 aliphatic rings. The Morgan fingerprint density at radius 2 is 2.36 bits per heavy atom. The van der Waals surface area contributed by atoms with Gasteiger partial charge in [-0.25, -0.2) is 0 Å². The molecule has 4 nitrogen and oxygen atoms in total. The van der Waals surface area contributed by atoms with Crippen molar-refractivity contribution in [2.75, 3.05) is 13.9 Å². The first-order valence-corrected chi connectivity index (χ1v) is 4.30. The first-order valence-electron chi connectivity index (χ1n) is 4.30. The number of ether oxygens (including phenoxy) is 3. The highest BCUT2D eigenvalue weighted by atomic mass is 16.7. The summed E-state index contributed by atoms with van der Waals surface area (Å²) in [5, 5.41) is 7.03. The summed E-state index contributed by atoms with van der Waals surface area (Å²) in [5.41, 5.74) is 0.987. The van der Waals surface area contributed by atoms with Crippen molar-refractivity contribution in [3.05, 3.63) is 17.7 Å². The fraction of sp³-hybridized carbons (Fsp3) is 0.300. The standard InChI is InChI=1S/C10H11NO3/c1-12-8-4-7(2-3-11)5-9-10(8)14-6-13-9/h3-5,11H,2,6H2,1H3. The highest BCUT2D eigenvalue weighted by Gasteiger charge is 2.19. The summed E-state index contributed by atoms with van der Waals surface area (Å²) < 4.78 is 15.7. The van der Waals surface area contributed by atoms with E-state index in [0.29, 0.717) is 23.7 Å². The molecule has 2 rings (SSSR count). The second kappa shape index (κ2) is 3.57. The van der Waals surface area contributed by atoms with E-state index < -0.39 is 0 Å². The molecule has 0 bridgehead atoms. The molecular formula is C10H11NO3. The monoisotopic (exact) mass is 193 g/mol. The van der Waals surface area contributed by atoms with E-state index in [2.05, 4.69) is 0 Å². The number of hydrogen-bond donors (Lipinski definition) is 1. The molecule has 1 aliphatic heterocycles. The maximum absolute atomic E-state index is 7.03. The number of nitrogens with one attached hydrogen (secondary N) is 1. The quantitative estimate of drug-likeness (QED) is 0.742. The van der Waals surface area contributed by atoms with Gasteiger partial charge in [0.2, 0.25) is 12.5 Å². The molecule has 1 aromatic rings. The third kappa shape index (κ3) is 1.39. The second-order valence-corrected chi connectivity index (χ2v) is 2.94. The zero-order valence-corrected chi connectivity index (χ0v) is 7.87. The highest BCUT2D eigenvalue weighted by Crippen LogP contribution is 2.41. The van der Waals surface area contributed by atoms with Crippen molar-refractivity contribution < 1.29 is 14.2 Å². The van der Waals surface area contributed by atoms with Gasteiger partial charge < -0.3 is 19.6 Å². The molecule has 4 heteroatoms. The minimum Gasteiger partial charge on any atom is -0.493 e. The van der Waals surface area contributed by atoms with Crippen LogP contribution in [0.25, 0.3) is 0 Å². The Balaban J connectivity index is 2.43. The van der Waals surface area contributed by atoms with E-state index in [1.807, 2.05) is 12.1 Å². The molecule has 0 unspecified atom stereocenters. The van der Waals surface area contributed by atoms with E-state index >= 15 is 0 Å². The smallest absolute Gasteiger partial charge is 0.231 e. The van der Waals surface area contributed by atoms with Crippen LogP contribution in [0.15, 0.2) is 12.1 Å². The summed E-state index contributed by atoms with van der Waals surface area (Å²) >= 11 is 0. The molecular weight excluding hydrogens is 182 g/mol. The lowest BCUT2D eigenvalue weighted by molar-refractivity contribution is 0.171. The zero-order valence-electron chi connectivity index (χ0n) is 7.87. The van der Waals surface area contributed by atoms with Gasteiger partial charge in [0.1, 0.15) is 0 Å². The molecule has 14 heavy (non-hydrogen) atoms. The molecule has 0 amide bonds. The van der Waals surface area contributed by atoms with Crippen LogP contribution in [0.3, 0.4) is 0 Å². The Bertz CT molecular complexity index is 363. The summed E-state index contributed by atoms with van der Waals surface area (Å²) in [4.78, 5) is 0. The molecule has 0 aromatic heterocycles. The zero-order chi connectivity index (χ0) is 9.97. The number of hydrogen-bond acceptors (Lipinski definition) is 4. The lowest BCUT2D eigenvalue weighted by Gasteiger charge is -2.06. The van der Waals surface area contributed by atoms with E-state index in [1.165, 1.54) is 6.21 Å². The maximum atomic E-state index is 7.03. The Morgan fingerprint density at radius 3 is 3.07 bits per heavy atom. The SMILES string of the molecule is COc1cc(CC=N)cc2c1OCO2. The van der Waals surface area contributed by atoms with Crippen molar-refractivity contribution >= 4 is 6.21 Å². The van der Waals surface area contributed by atoms with E-state index in [-0.39, 0.29) is 6.79 Å². The van der Waals surface area contributed by atoms with Crippen LogP contribution in [0.1, 0.15) is 5.56 Å². The Kier molecular flexibility index (Phi) is 2.26. The predicted molar refractivity (Wildman–Crippen MR) is 51.6 cm³/mol. The topological polar surface area (TPSA) is 51.5 Å². The molecule has 74 valence electrons. The molecule has 0 atom stereocenters. The minimum absolute atomic E-state index is 0.236. The van der Waals surface area contributed by atoms with Gasteiger partial charge >= 0.3 is 0 Å². The molecule has 1 N–H and O–H groups in total. The fourth-order valence-electron chi connectivity index (χ4n) is 1.42. The van der Waals surface area contributed by atoms with Crippen LogP contribution in [0.5, 0.6) is 17.2 Å². The first kappa shape index (κ1) is 8.87. The lowest BCUT2D eigenvalue weighted by atomic mass is 10.1. The Hall–Kier alpha value is -1.71. The van der Waals surface area contributed by atoms with Crippen molar-refractivity contribution in [1.29, 1.82) is 5.41 Å². The molecule has 0 saturated carbocycles. The van der Waals surface area contributed by atoms with Gasteiger partial charge in [0, 0.05) is 6.42 Å². The van der Waals surface area contributed by atoms with Crippen molar-refractivity contribution in [2.24, 2.45) is 0 Å². The van der Waals surface area contributed by atoms with Crippen LogP contribution in [-0.2, 0) is 6.42 Å². The van der Waals surface area contributed by atoms with Gasteiger partial charge in [-0.2, -0.15) is 0 Å². The summed E-state index contributed by atoms with van der Waals surface area (Å²) in [7, 11) is 1.59. The van der Waals surface area contributed by atoms with Gasteiger partial charge in [-0.3, -0.25) is 0 Å². The fourth-order valence-corrected chi connectivity index (χ4v) is 1.42. The van der Waals surface area contributed by atoms with E-state index in [9.17, 15) is 0 Å². The van der Waals surface area contributed by atoms with Crippen LogP contribution in [-0.4, -0.2) is 20.1 Å². The molecule has 0 saturated heterocycles. The van der Waals surface area contributed by atoms with Gasteiger partial charge in [-0.1, -0.05) is 0 Å². The largest absolute Gasteiger partial charge is 0.493 e. The summed E-state index contributed by atoms with van der Waals surface area (Å²) in [6, 6.07) is 3.73. The predicted octanol–water partition coefficient (Wildman–Crippen LogP) is 1.62. The Morgan fingerprint density at radius 1 is 1.50 bits per heavy atom. The average molecular weight is 193 g/mol. The highest BCUT2D eigenvalue weighted by molar-refractivity contribution is 5.62. The van der Waals surface area contributed by atoms with Crippen LogP contribution < -0.4 is 14.2 Å². The molecule has 0 aliphatic carbocycles. The van der Waals surface area contributed by atoms with Gasteiger partial charge in [-0.05, 0) is 23.9 Å². The normalized spacial score (nSPS) is 12.6. The van der Waals surface area contributed by atoms with Crippen LogP contribution in [0.4, 0.5) is 0 Å². The molecule has 1 aromatic carbocycles. The Labute approximate surface area is 81.9 Å². The van der Waals surface area contributed by atoms with Crippen molar-refractivity contribution in [2.45, 2.75) is 6.42 Å². The van der Waals surface area contributed by atoms with Crippen LogP contribution >= 0.6 is 0 Å². The van der Waals surface area contributed by atoms with E-state index in [4.69, 9.17) is 19.6 Å². The lowest BCUT2D eigenvalue weighted by Crippen LogP contribution is -1.93. The third-order valence-corrected chi connectivity index (χ3v) is 2.06. The van der Waals surface area contributed by atoms with E-state index in [0.717, 1.165) is 5.56 Å². The first-order chi connectivity index (χ1) is 6.85. The van der Waals surface area contributed by atoms with Crippen LogP contribution in [0, 0.1) is 5.41 Å². The number of methoxy groups -OCH3 is 1. The summed E-state index contributed by atoms with van der Waals surface area (Å²) in [5.74, 6) is 2.01. The molecule has 0 spiro atoms. The van der Waals surface area contributed by atoms with Gasteiger partial charge in [0.25, 0.3) is 0 Å². The van der Waals surface area contributed by atoms with Gasteiger partial charge in [0.15, 0.2) is 11.5 Å². The van der Waals surface area contributed by atoms with Gasteiger partial charge in [-0.15, -0.1) is 0 Å². The van der Waals surface area contributed by atoms with Crippen molar-refractivity contribution in [3.63, 3.8) is 0 Å². The number of benzene rings is 1. The second-order valence-electron chi connectivity index (χ2n) is 2.94. The molecule has 0 fully saturated rings. The average Bonchev–Trinajstić information content (AvgIpc) is 2.65. The van der Waals surface area contributed by atoms with Crippen LogP contribution in [0.2, 0.25) is 0 Å². The summed E-state index contributed by atoms with van der Waals surface area (Å²) in [6.45, 7) is 0.236. The van der Waals surface area contributed by atoms with Gasteiger partial charge in [0.05, 0.1) is 7.11 Å². The number of rotatable bonds is 3. The van der Waals surface area contributed by atoms with Crippen molar-refractivity contribution in [1.82, 2.24) is 0 Å². The molecule has 0 radical (unpaired) electrons. The minimum atomic E-state index is 0.236.